The molecule has 1 rings (SSSR count). The first-order chi connectivity index (χ1) is 7.74. The van der Waals surface area contributed by atoms with Crippen LogP contribution in [-0.2, 0) is 4.74 Å². The van der Waals surface area contributed by atoms with Gasteiger partial charge in [-0.05, 0) is 36.2 Å². The fourth-order valence-corrected chi connectivity index (χ4v) is 1.91. The molecule has 88 valence electrons. The van der Waals surface area contributed by atoms with E-state index in [4.69, 9.17) is 17.0 Å². The summed E-state index contributed by atoms with van der Waals surface area (Å²) < 4.78 is 4.88. The topological polar surface area (TPSA) is 45.6 Å². The molecule has 0 saturated heterocycles. The molecule has 0 aliphatic heterocycles. The number of ether oxygens (including phenoxy) is 1. The molecule has 0 aromatic carbocycles. The van der Waals surface area contributed by atoms with Crippen LogP contribution in [-0.4, -0.2) is 31.6 Å². The van der Waals surface area contributed by atoms with Crippen LogP contribution >= 0.6 is 23.6 Å². The highest BCUT2D eigenvalue weighted by Crippen LogP contribution is 2.12. The zero-order valence-corrected chi connectivity index (χ0v) is 11.0. The van der Waals surface area contributed by atoms with E-state index in [0.717, 1.165) is 4.88 Å². The van der Waals surface area contributed by atoms with Gasteiger partial charge in [0.25, 0.3) is 0 Å². The molecule has 6 heteroatoms. The molecule has 0 amide bonds. The molecule has 0 aliphatic carbocycles. The monoisotopic (exact) mass is 257 g/mol. The summed E-state index contributed by atoms with van der Waals surface area (Å²) >= 11 is 6.66. The maximum Gasteiger partial charge on any atom is 0.187 e. The van der Waals surface area contributed by atoms with Gasteiger partial charge in [0.1, 0.15) is 0 Å². The van der Waals surface area contributed by atoms with Crippen LogP contribution in [0.1, 0.15) is 10.4 Å². The van der Waals surface area contributed by atoms with Crippen molar-refractivity contribution in [2.45, 2.75) is 6.92 Å². The Balaban J connectivity index is 2.26. The Kier molecular flexibility index (Phi) is 5.99. The second kappa shape index (κ2) is 7.32. The molecule has 2 N–H and O–H groups in total. The molecule has 1 aromatic rings. The van der Waals surface area contributed by atoms with Crippen LogP contribution in [0.15, 0.2) is 16.5 Å². The summed E-state index contributed by atoms with van der Waals surface area (Å²) in [5, 5.41) is 9.54. The number of methoxy groups -OCH3 is 1. The minimum absolute atomic E-state index is 0.502. The van der Waals surface area contributed by atoms with Crippen LogP contribution in [0.3, 0.4) is 0 Å². The fourth-order valence-electron chi connectivity index (χ4n) is 0.972. The number of nitrogens with zero attached hydrogens (tertiary/aromatic N) is 1. The average Bonchev–Trinajstić information content (AvgIpc) is 2.65. The van der Waals surface area contributed by atoms with Crippen molar-refractivity contribution in [2.24, 2.45) is 5.10 Å². The first-order valence-corrected chi connectivity index (χ1v) is 6.12. The van der Waals surface area contributed by atoms with Gasteiger partial charge in [-0.3, -0.25) is 5.43 Å². The first-order valence-electron chi connectivity index (χ1n) is 4.84. The lowest BCUT2D eigenvalue weighted by molar-refractivity contribution is 0.204. The van der Waals surface area contributed by atoms with Gasteiger partial charge in [0, 0.05) is 18.5 Å². The lowest BCUT2D eigenvalue weighted by Gasteiger charge is -2.05. The third-order valence-corrected chi connectivity index (χ3v) is 3.03. The van der Waals surface area contributed by atoms with E-state index in [0.29, 0.717) is 18.3 Å². The summed E-state index contributed by atoms with van der Waals surface area (Å²) in [5.74, 6) is 0. The predicted octanol–water partition coefficient (Wildman–Crippen LogP) is 1.50. The average molecular weight is 257 g/mol. The van der Waals surface area contributed by atoms with Gasteiger partial charge >= 0.3 is 0 Å². The van der Waals surface area contributed by atoms with Gasteiger partial charge in [-0.2, -0.15) is 5.10 Å². The maximum absolute atomic E-state index is 5.01. The molecular weight excluding hydrogens is 242 g/mol. The summed E-state index contributed by atoms with van der Waals surface area (Å²) in [6.07, 6.45) is 1.77. The van der Waals surface area contributed by atoms with Crippen molar-refractivity contribution in [1.82, 2.24) is 10.7 Å². The molecule has 0 saturated carbocycles. The number of nitrogens with one attached hydrogen (secondary N) is 2. The standard InChI is InChI=1S/C10H15N3OS2/c1-8-3-6-16-9(8)7-12-13-10(15)11-4-5-14-2/h3,6-7H,4-5H2,1-2H3,(H2,11,13,15)/b12-7-. The van der Waals surface area contributed by atoms with Gasteiger partial charge < -0.3 is 10.1 Å². The van der Waals surface area contributed by atoms with Crippen molar-refractivity contribution < 1.29 is 4.74 Å². The third-order valence-electron chi connectivity index (χ3n) is 1.84. The Morgan fingerprint density at radius 3 is 3.12 bits per heavy atom. The number of thiocarbonyl (C=S) groups is 1. The summed E-state index contributed by atoms with van der Waals surface area (Å²) in [6.45, 7) is 3.35. The highest BCUT2D eigenvalue weighted by molar-refractivity contribution is 7.80. The summed E-state index contributed by atoms with van der Waals surface area (Å²) in [4.78, 5) is 1.13. The number of aryl methyl sites for hydroxylation is 1. The van der Waals surface area contributed by atoms with Crippen molar-refractivity contribution in [3.63, 3.8) is 0 Å². The van der Waals surface area contributed by atoms with Gasteiger partial charge in [-0.15, -0.1) is 11.3 Å². The Bertz CT molecular complexity index is 363. The lowest BCUT2D eigenvalue weighted by atomic mass is 10.3. The largest absolute Gasteiger partial charge is 0.383 e. The van der Waals surface area contributed by atoms with Gasteiger partial charge in [0.05, 0.1) is 12.8 Å². The minimum Gasteiger partial charge on any atom is -0.383 e. The third kappa shape index (κ3) is 4.69. The van der Waals surface area contributed by atoms with E-state index in [1.807, 2.05) is 12.3 Å². The second-order valence-corrected chi connectivity index (χ2v) is 4.44. The van der Waals surface area contributed by atoms with Gasteiger partial charge in [-0.1, -0.05) is 0 Å². The molecule has 4 nitrogen and oxygen atoms in total. The van der Waals surface area contributed by atoms with Crippen LogP contribution in [0.4, 0.5) is 0 Å². The number of rotatable bonds is 5. The van der Waals surface area contributed by atoms with E-state index in [1.165, 1.54) is 5.56 Å². The fraction of sp³-hybridized carbons (Fsp3) is 0.400. The van der Waals surface area contributed by atoms with Crippen LogP contribution in [0.5, 0.6) is 0 Å². The quantitative estimate of drug-likeness (QED) is 0.363. The van der Waals surface area contributed by atoms with Crippen molar-refractivity contribution >= 4 is 34.9 Å². The second-order valence-electron chi connectivity index (χ2n) is 3.09. The molecule has 16 heavy (non-hydrogen) atoms. The minimum atomic E-state index is 0.502. The van der Waals surface area contributed by atoms with Crippen molar-refractivity contribution in [3.8, 4) is 0 Å². The van der Waals surface area contributed by atoms with E-state index in [2.05, 4.69) is 21.9 Å². The summed E-state index contributed by atoms with van der Waals surface area (Å²) in [6, 6.07) is 2.06. The predicted molar refractivity (Wildman–Crippen MR) is 72.3 cm³/mol. The van der Waals surface area contributed by atoms with E-state index >= 15 is 0 Å². The van der Waals surface area contributed by atoms with Crippen LogP contribution in [0.25, 0.3) is 0 Å². The molecule has 0 bridgehead atoms. The number of hydrogen-bond donors (Lipinski definition) is 2. The number of thiophene rings is 1. The molecular formula is C10H15N3OS2. The highest BCUT2D eigenvalue weighted by atomic mass is 32.1. The first kappa shape index (κ1) is 13.1. The highest BCUT2D eigenvalue weighted by Gasteiger charge is 1.95. The molecule has 0 atom stereocenters. The molecule has 0 aliphatic rings. The summed E-state index contributed by atoms with van der Waals surface area (Å²) in [5.41, 5.74) is 3.96. The molecule has 1 heterocycles. The molecule has 0 unspecified atom stereocenters. The molecule has 0 spiro atoms. The van der Waals surface area contributed by atoms with Gasteiger partial charge in [0.2, 0.25) is 0 Å². The van der Waals surface area contributed by atoms with E-state index < -0.39 is 0 Å². The normalized spacial score (nSPS) is 10.6. The number of hydrazone groups is 1. The van der Waals surface area contributed by atoms with E-state index in [-0.39, 0.29) is 0 Å². The van der Waals surface area contributed by atoms with Crippen molar-refractivity contribution in [1.29, 1.82) is 0 Å². The zero-order chi connectivity index (χ0) is 11.8. The van der Waals surface area contributed by atoms with Crippen LogP contribution in [0, 0.1) is 6.92 Å². The Hall–Kier alpha value is -0.980. The molecule has 0 fully saturated rings. The van der Waals surface area contributed by atoms with Crippen molar-refractivity contribution in [2.75, 3.05) is 20.3 Å². The lowest BCUT2D eigenvalue weighted by Crippen LogP contribution is -2.34. The van der Waals surface area contributed by atoms with Gasteiger partial charge in [-0.25, -0.2) is 0 Å². The van der Waals surface area contributed by atoms with E-state index in [9.17, 15) is 0 Å². The molecule has 1 aromatic heterocycles. The van der Waals surface area contributed by atoms with Crippen LogP contribution < -0.4 is 10.7 Å². The Labute approximate surface area is 105 Å². The maximum atomic E-state index is 5.01. The van der Waals surface area contributed by atoms with E-state index in [1.54, 1.807) is 24.7 Å². The Morgan fingerprint density at radius 1 is 1.69 bits per heavy atom. The SMILES string of the molecule is COCCNC(=S)N/N=C\c1sccc1C. The van der Waals surface area contributed by atoms with Gasteiger partial charge in [0.15, 0.2) is 5.11 Å². The van der Waals surface area contributed by atoms with Crippen LogP contribution in [0.2, 0.25) is 0 Å². The Morgan fingerprint density at radius 2 is 2.50 bits per heavy atom. The summed E-state index contributed by atoms with van der Waals surface area (Å²) in [7, 11) is 1.65. The smallest absolute Gasteiger partial charge is 0.187 e. The molecule has 0 radical (unpaired) electrons. The number of hydrogen-bond acceptors (Lipinski definition) is 4. The zero-order valence-electron chi connectivity index (χ0n) is 9.32. The van der Waals surface area contributed by atoms with Crippen molar-refractivity contribution in [3.05, 3.63) is 21.9 Å².